The fraction of sp³-hybridized carbons (Fsp3) is 0.235. The Morgan fingerprint density at radius 3 is 2.29 bits per heavy atom. The highest BCUT2D eigenvalue weighted by Crippen LogP contribution is 2.27. The first-order chi connectivity index (χ1) is 10.3. The Hall–Kier alpha value is -2.49. The van der Waals surface area contributed by atoms with E-state index in [1.54, 1.807) is 14.2 Å². The number of benzene rings is 2. The molecule has 0 amide bonds. The molecule has 21 heavy (non-hydrogen) atoms. The van der Waals surface area contributed by atoms with Gasteiger partial charge in [0.1, 0.15) is 23.9 Å². The zero-order chi connectivity index (χ0) is 15.1. The van der Waals surface area contributed by atoms with E-state index in [0.717, 1.165) is 35.3 Å². The molecule has 0 saturated carbocycles. The maximum absolute atomic E-state index is 10.3. The summed E-state index contributed by atoms with van der Waals surface area (Å²) in [5, 5.41) is 0. The Balaban J connectivity index is 2.12. The molecule has 0 bridgehead atoms. The fourth-order valence-electron chi connectivity index (χ4n) is 2.05. The average molecular weight is 286 g/mol. The molecule has 2 aromatic carbocycles. The SMILES string of the molecule is COc1ccc(Cc2ccc(OCC=O)cc2)c(OC)c1. The molecule has 0 radical (unpaired) electrons. The minimum atomic E-state index is 0.0750. The summed E-state index contributed by atoms with van der Waals surface area (Å²) < 4.78 is 15.8. The summed E-state index contributed by atoms with van der Waals surface area (Å²) in [5.74, 6) is 2.26. The molecule has 4 heteroatoms. The second-order valence-corrected chi connectivity index (χ2v) is 4.48. The number of hydrogen-bond acceptors (Lipinski definition) is 4. The third-order valence-corrected chi connectivity index (χ3v) is 3.13. The van der Waals surface area contributed by atoms with Crippen molar-refractivity contribution in [2.24, 2.45) is 0 Å². The second-order valence-electron chi connectivity index (χ2n) is 4.48. The van der Waals surface area contributed by atoms with E-state index in [0.29, 0.717) is 5.75 Å². The number of ether oxygens (including phenoxy) is 3. The predicted octanol–water partition coefficient (Wildman–Crippen LogP) is 2.87. The van der Waals surface area contributed by atoms with E-state index in [-0.39, 0.29) is 6.61 Å². The number of hydrogen-bond donors (Lipinski definition) is 0. The van der Waals surface area contributed by atoms with Crippen molar-refractivity contribution in [3.63, 3.8) is 0 Å². The third kappa shape index (κ3) is 3.99. The summed E-state index contributed by atoms with van der Waals surface area (Å²) in [6.45, 7) is 0.0750. The van der Waals surface area contributed by atoms with Crippen LogP contribution in [0, 0.1) is 0 Å². The van der Waals surface area contributed by atoms with Crippen molar-refractivity contribution in [3.05, 3.63) is 53.6 Å². The molecule has 0 aliphatic heterocycles. The first kappa shape index (κ1) is 14.9. The van der Waals surface area contributed by atoms with Gasteiger partial charge in [0, 0.05) is 12.5 Å². The first-order valence-corrected chi connectivity index (χ1v) is 6.63. The summed E-state index contributed by atoms with van der Waals surface area (Å²) in [4.78, 5) is 10.3. The number of carbonyl (C=O) groups is 1. The van der Waals surface area contributed by atoms with Crippen molar-refractivity contribution in [1.29, 1.82) is 0 Å². The van der Waals surface area contributed by atoms with Gasteiger partial charge in [0.15, 0.2) is 6.29 Å². The van der Waals surface area contributed by atoms with E-state index in [9.17, 15) is 4.79 Å². The van der Waals surface area contributed by atoms with Gasteiger partial charge in [-0.05, 0) is 29.3 Å². The van der Waals surface area contributed by atoms with Crippen LogP contribution in [0.2, 0.25) is 0 Å². The number of carbonyl (C=O) groups excluding carboxylic acids is 1. The highest BCUT2D eigenvalue weighted by molar-refractivity contribution is 5.51. The summed E-state index contributed by atoms with van der Waals surface area (Å²) in [6.07, 6.45) is 1.48. The van der Waals surface area contributed by atoms with Crippen LogP contribution in [-0.2, 0) is 11.2 Å². The fourth-order valence-corrected chi connectivity index (χ4v) is 2.05. The van der Waals surface area contributed by atoms with Crippen LogP contribution in [0.15, 0.2) is 42.5 Å². The lowest BCUT2D eigenvalue weighted by molar-refractivity contribution is -0.109. The van der Waals surface area contributed by atoms with Gasteiger partial charge in [0.05, 0.1) is 14.2 Å². The molecule has 0 aromatic heterocycles. The molecule has 0 spiro atoms. The van der Waals surface area contributed by atoms with Gasteiger partial charge >= 0.3 is 0 Å². The van der Waals surface area contributed by atoms with Gasteiger partial charge in [-0.1, -0.05) is 18.2 Å². The monoisotopic (exact) mass is 286 g/mol. The van der Waals surface area contributed by atoms with Crippen molar-refractivity contribution >= 4 is 6.29 Å². The smallest absolute Gasteiger partial charge is 0.157 e. The average Bonchev–Trinajstić information content (AvgIpc) is 2.54. The van der Waals surface area contributed by atoms with Gasteiger partial charge in [-0.3, -0.25) is 4.79 Å². The molecule has 0 fully saturated rings. The van der Waals surface area contributed by atoms with Gasteiger partial charge in [0.25, 0.3) is 0 Å². The molecule has 2 aromatic rings. The molecule has 0 aliphatic rings. The lowest BCUT2D eigenvalue weighted by atomic mass is 10.0. The summed E-state index contributed by atoms with van der Waals surface area (Å²) in [7, 11) is 3.28. The largest absolute Gasteiger partial charge is 0.497 e. The Bertz CT molecular complexity index is 590. The molecule has 110 valence electrons. The van der Waals surface area contributed by atoms with E-state index < -0.39 is 0 Å². The Morgan fingerprint density at radius 1 is 0.952 bits per heavy atom. The van der Waals surface area contributed by atoms with Gasteiger partial charge in [0.2, 0.25) is 0 Å². The molecule has 0 saturated heterocycles. The molecule has 0 atom stereocenters. The Kier molecular flexibility index (Phi) is 5.21. The van der Waals surface area contributed by atoms with Crippen LogP contribution < -0.4 is 14.2 Å². The normalized spacial score (nSPS) is 10.0. The molecule has 0 N–H and O–H groups in total. The predicted molar refractivity (Wildman–Crippen MR) is 80.4 cm³/mol. The third-order valence-electron chi connectivity index (χ3n) is 3.13. The van der Waals surface area contributed by atoms with E-state index in [4.69, 9.17) is 14.2 Å². The zero-order valence-corrected chi connectivity index (χ0v) is 12.2. The van der Waals surface area contributed by atoms with E-state index in [2.05, 4.69) is 0 Å². The number of rotatable bonds is 7. The molecular weight excluding hydrogens is 268 g/mol. The van der Waals surface area contributed by atoms with E-state index in [1.165, 1.54) is 0 Å². The van der Waals surface area contributed by atoms with Crippen LogP contribution in [0.4, 0.5) is 0 Å². The minimum Gasteiger partial charge on any atom is -0.497 e. The van der Waals surface area contributed by atoms with Crippen LogP contribution in [0.1, 0.15) is 11.1 Å². The van der Waals surface area contributed by atoms with Crippen LogP contribution in [0.25, 0.3) is 0 Å². The highest BCUT2D eigenvalue weighted by atomic mass is 16.5. The zero-order valence-electron chi connectivity index (χ0n) is 12.2. The van der Waals surface area contributed by atoms with Crippen molar-refractivity contribution in [2.45, 2.75) is 6.42 Å². The summed E-state index contributed by atoms with van der Waals surface area (Å²) in [5.41, 5.74) is 2.22. The van der Waals surface area contributed by atoms with Crippen LogP contribution in [0.3, 0.4) is 0 Å². The molecule has 0 unspecified atom stereocenters. The molecule has 2 rings (SSSR count). The van der Waals surface area contributed by atoms with Crippen molar-refractivity contribution in [3.8, 4) is 17.2 Å². The van der Waals surface area contributed by atoms with E-state index >= 15 is 0 Å². The minimum absolute atomic E-state index is 0.0750. The summed E-state index contributed by atoms with van der Waals surface area (Å²) in [6, 6.07) is 13.4. The standard InChI is InChI=1S/C17H18O4/c1-19-16-8-5-14(17(12-16)20-2)11-13-3-6-15(7-4-13)21-10-9-18/h3-9,12H,10-11H2,1-2H3. The van der Waals surface area contributed by atoms with Crippen molar-refractivity contribution in [2.75, 3.05) is 20.8 Å². The molecular formula is C17H18O4. The lowest BCUT2D eigenvalue weighted by Crippen LogP contribution is -1.98. The van der Waals surface area contributed by atoms with Gasteiger partial charge in [-0.25, -0.2) is 0 Å². The molecule has 0 heterocycles. The molecule has 0 aliphatic carbocycles. The number of methoxy groups -OCH3 is 2. The van der Waals surface area contributed by atoms with Crippen LogP contribution in [-0.4, -0.2) is 27.1 Å². The second kappa shape index (κ2) is 7.33. The maximum atomic E-state index is 10.3. The quantitative estimate of drug-likeness (QED) is 0.734. The molecule has 4 nitrogen and oxygen atoms in total. The lowest BCUT2D eigenvalue weighted by Gasteiger charge is -2.11. The first-order valence-electron chi connectivity index (χ1n) is 6.63. The van der Waals surface area contributed by atoms with Crippen LogP contribution in [0.5, 0.6) is 17.2 Å². The topological polar surface area (TPSA) is 44.8 Å². The van der Waals surface area contributed by atoms with Crippen molar-refractivity contribution < 1.29 is 19.0 Å². The maximum Gasteiger partial charge on any atom is 0.157 e. The number of aldehydes is 1. The highest BCUT2D eigenvalue weighted by Gasteiger charge is 2.06. The Morgan fingerprint density at radius 2 is 1.67 bits per heavy atom. The van der Waals surface area contributed by atoms with E-state index in [1.807, 2.05) is 42.5 Å². The Labute approximate surface area is 124 Å². The van der Waals surface area contributed by atoms with Gasteiger partial charge < -0.3 is 14.2 Å². The van der Waals surface area contributed by atoms with Gasteiger partial charge in [-0.2, -0.15) is 0 Å². The van der Waals surface area contributed by atoms with Crippen LogP contribution >= 0.6 is 0 Å². The van der Waals surface area contributed by atoms with Gasteiger partial charge in [-0.15, -0.1) is 0 Å². The van der Waals surface area contributed by atoms with Crippen molar-refractivity contribution in [1.82, 2.24) is 0 Å². The summed E-state index contributed by atoms with van der Waals surface area (Å²) >= 11 is 0.